The molecule has 5 nitrogen and oxygen atoms in total. The van der Waals surface area contributed by atoms with Gasteiger partial charge in [-0.05, 0) is 12.1 Å². The summed E-state index contributed by atoms with van der Waals surface area (Å²) in [5, 5.41) is 26.0. The van der Waals surface area contributed by atoms with Crippen LogP contribution in [0.2, 0.25) is 0 Å². The van der Waals surface area contributed by atoms with Crippen LogP contribution >= 0.6 is 0 Å². The first-order chi connectivity index (χ1) is 9.10. The van der Waals surface area contributed by atoms with Gasteiger partial charge in [0.25, 0.3) is 0 Å². The summed E-state index contributed by atoms with van der Waals surface area (Å²) in [6.45, 7) is -0.329. The summed E-state index contributed by atoms with van der Waals surface area (Å²) in [5.41, 5.74) is 0.344. The van der Waals surface area contributed by atoms with E-state index in [1.165, 1.54) is 29.2 Å². The molecular formula is C13H10FN3O2. The lowest BCUT2D eigenvalue weighted by Crippen LogP contribution is -2.25. The minimum Gasteiger partial charge on any atom is -0.478 e. The standard InChI is InChI=1S/C13H10FN3O2/c14-11-3-1-2-10(4-5-12(18)19)13(11)17(8-6-15)9-7-16/h1-5H,8-9H2,(H,18,19)/b5-4+. The van der Waals surface area contributed by atoms with E-state index in [9.17, 15) is 9.18 Å². The fourth-order valence-corrected chi connectivity index (χ4v) is 1.55. The molecule has 96 valence electrons. The topological polar surface area (TPSA) is 88.1 Å². The van der Waals surface area contributed by atoms with E-state index in [0.717, 1.165) is 6.08 Å². The molecule has 0 aliphatic carbocycles. The van der Waals surface area contributed by atoms with E-state index in [1.54, 1.807) is 0 Å². The minimum absolute atomic E-state index is 0.0445. The first kappa shape index (κ1) is 14.2. The number of anilines is 1. The lowest BCUT2D eigenvalue weighted by Gasteiger charge is -2.21. The highest BCUT2D eigenvalue weighted by Crippen LogP contribution is 2.25. The Morgan fingerprint density at radius 2 is 2.00 bits per heavy atom. The number of carbonyl (C=O) groups is 1. The van der Waals surface area contributed by atoms with Crippen LogP contribution in [-0.2, 0) is 4.79 Å². The van der Waals surface area contributed by atoms with Gasteiger partial charge in [-0.15, -0.1) is 0 Å². The first-order valence-electron chi connectivity index (χ1n) is 5.28. The van der Waals surface area contributed by atoms with Crippen molar-refractivity contribution in [3.8, 4) is 12.1 Å². The number of rotatable bonds is 5. The van der Waals surface area contributed by atoms with Gasteiger partial charge < -0.3 is 10.0 Å². The van der Waals surface area contributed by atoms with Crippen LogP contribution in [0.3, 0.4) is 0 Å². The summed E-state index contributed by atoms with van der Waals surface area (Å²) in [7, 11) is 0. The Labute approximate surface area is 109 Å². The summed E-state index contributed by atoms with van der Waals surface area (Å²) in [4.78, 5) is 11.7. The van der Waals surface area contributed by atoms with Crippen molar-refractivity contribution in [2.45, 2.75) is 0 Å². The van der Waals surface area contributed by atoms with Gasteiger partial charge in [0.2, 0.25) is 0 Å². The van der Waals surface area contributed by atoms with Gasteiger partial charge in [0, 0.05) is 11.6 Å². The number of hydrogen-bond acceptors (Lipinski definition) is 4. The number of hydrogen-bond donors (Lipinski definition) is 1. The molecular weight excluding hydrogens is 249 g/mol. The van der Waals surface area contributed by atoms with Crippen LogP contribution in [-0.4, -0.2) is 24.2 Å². The van der Waals surface area contributed by atoms with Gasteiger partial charge in [0.05, 0.1) is 17.8 Å². The molecule has 0 saturated heterocycles. The quantitative estimate of drug-likeness (QED) is 0.643. The third kappa shape index (κ3) is 3.83. The summed E-state index contributed by atoms with van der Waals surface area (Å²) in [5.74, 6) is -1.78. The molecule has 0 spiro atoms. The molecule has 1 aromatic carbocycles. The molecule has 0 aliphatic rings. The van der Waals surface area contributed by atoms with Crippen LogP contribution in [0.25, 0.3) is 6.08 Å². The second kappa shape index (κ2) is 6.77. The van der Waals surface area contributed by atoms with Crippen LogP contribution in [0.5, 0.6) is 0 Å². The maximum atomic E-state index is 13.8. The molecule has 0 unspecified atom stereocenters. The fourth-order valence-electron chi connectivity index (χ4n) is 1.55. The first-order valence-corrected chi connectivity index (χ1v) is 5.28. The molecule has 1 rings (SSSR count). The zero-order valence-corrected chi connectivity index (χ0v) is 9.88. The lowest BCUT2D eigenvalue weighted by atomic mass is 10.1. The van der Waals surface area contributed by atoms with E-state index in [4.69, 9.17) is 15.6 Å². The van der Waals surface area contributed by atoms with Gasteiger partial charge >= 0.3 is 5.97 Å². The molecule has 0 saturated carbocycles. The predicted molar refractivity (Wildman–Crippen MR) is 66.5 cm³/mol. The van der Waals surface area contributed by atoms with E-state index in [0.29, 0.717) is 5.56 Å². The molecule has 0 atom stereocenters. The summed E-state index contributed by atoms with van der Waals surface area (Å²) in [6.07, 6.45) is 2.09. The van der Waals surface area contributed by atoms with Crippen molar-refractivity contribution in [3.63, 3.8) is 0 Å². The number of benzene rings is 1. The second-order valence-electron chi connectivity index (χ2n) is 3.52. The van der Waals surface area contributed by atoms with Gasteiger partial charge in [0.1, 0.15) is 18.9 Å². The van der Waals surface area contributed by atoms with E-state index in [-0.39, 0.29) is 18.8 Å². The maximum absolute atomic E-state index is 13.8. The molecule has 0 amide bonds. The number of nitriles is 2. The SMILES string of the molecule is N#CCN(CC#N)c1c(F)cccc1/C=C/C(=O)O. The summed E-state index contributed by atoms with van der Waals surface area (Å²) in [6, 6.07) is 7.81. The Bertz CT molecular complexity index is 569. The third-order valence-corrected chi connectivity index (χ3v) is 2.26. The third-order valence-electron chi connectivity index (χ3n) is 2.26. The molecule has 0 aliphatic heterocycles. The summed E-state index contributed by atoms with van der Waals surface area (Å²) < 4.78 is 13.8. The minimum atomic E-state index is -1.16. The van der Waals surface area contributed by atoms with Gasteiger partial charge in [-0.3, -0.25) is 0 Å². The van der Waals surface area contributed by atoms with Crippen molar-refractivity contribution in [1.82, 2.24) is 0 Å². The number of carboxylic acids is 1. The Balaban J connectivity index is 3.27. The predicted octanol–water partition coefficient (Wildman–Crippen LogP) is 1.78. The molecule has 1 N–H and O–H groups in total. The van der Waals surface area contributed by atoms with Crippen LogP contribution in [0.15, 0.2) is 24.3 Å². The van der Waals surface area contributed by atoms with Gasteiger partial charge in [-0.1, -0.05) is 12.1 Å². The van der Waals surface area contributed by atoms with Gasteiger partial charge in [-0.25, -0.2) is 9.18 Å². The number of halogens is 1. The average molecular weight is 259 g/mol. The highest BCUT2D eigenvalue weighted by atomic mass is 19.1. The van der Waals surface area contributed by atoms with Crippen molar-refractivity contribution >= 4 is 17.7 Å². The van der Waals surface area contributed by atoms with Crippen molar-refractivity contribution in [2.75, 3.05) is 18.0 Å². The molecule has 19 heavy (non-hydrogen) atoms. The number of aliphatic carboxylic acids is 1. The second-order valence-corrected chi connectivity index (χ2v) is 3.52. The zero-order valence-electron chi connectivity index (χ0n) is 9.88. The smallest absolute Gasteiger partial charge is 0.328 e. The van der Waals surface area contributed by atoms with Crippen molar-refractivity contribution in [1.29, 1.82) is 10.5 Å². The van der Waals surface area contributed by atoms with Crippen LogP contribution in [0.1, 0.15) is 5.56 Å². The van der Waals surface area contributed by atoms with E-state index in [1.807, 2.05) is 12.1 Å². The van der Waals surface area contributed by atoms with Crippen molar-refractivity contribution < 1.29 is 14.3 Å². The lowest BCUT2D eigenvalue weighted by molar-refractivity contribution is -0.131. The Morgan fingerprint density at radius 3 is 2.53 bits per heavy atom. The van der Waals surface area contributed by atoms with Gasteiger partial charge in [-0.2, -0.15) is 10.5 Å². The van der Waals surface area contributed by atoms with E-state index >= 15 is 0 Å². The molecule has 0 aromatic heterocycles. The number of carboxylic acid groups (broad SMARTS) is 1. The Morgan fingerprint density at radius 1 is 1.37 bits per heavy atom. The Hall–Kier alpha value is -2.86. The van der Waals surface area contributed by atoms with Crippen molar-refractivity contribution in [2.24, 2.45) is 0 Å². The normalized spacial score (nSPS) is 9.84. The maximum Gasteiger partial charge on any atom is 0.328 e. The molecule has 1 aromatic rings. The highest BCUT2D eigenvalue weighted by molar-refractivity contribution is 5.87. The number of nitrogens with zero attached hydrogens (tertiary/aromatic N) is 3. The molecule has 0 bridgehead atoms. The Kier molecular flexibility index (Phi) is 5.06. The van der Waals surface area contributed by atoms with E-state index < -0.39 is 11.8 Å². The van der Waals surface area contributed by atoms with Crippen LogP contribution in [0.4, 0.5) is 10.1 Å². The average Bonchev–Trinajstić information content (AvgIpc) is 2.36. The molecule has 0 heterocycles. The van der Waals surface area contributed by atoms with Crippen LogP contribution < -0.4 is 4.90 Å². The zero-order chi connectivity index (χ0) is 14.3. The highest BCUT2D eigenvalue weighted by Gasteiger charge is 2.14. The van der Waals surface area contributed by atoms with E-state index in [2.05, 4.69) is 0 Å². The summed E-state index contributed by atoms with van der Waals surface area (Å²) >= 11 is 0. The monoisotopic (exact) mass is 259 g/mol. The molecule has 0 radical (unpaired) electrons. The molecule has 6 heteroatoms. The van der Waals surface area contributed by atoms with Gasteiger partial charge in [0.15, 0.2) is 0 Å². The molecule has 0 fully saturated rings. The fraction of sp³-hybridized carbons (Fsp3) is 0.154. The largest absolute Gasteiger partial charge is 0.478 e. The van der Waals surface area contributed by atoms with Crippen molar-refractivity contribution in [3.05, 3.63) is 35.7 Å². The van der Waals surface area contributed by atoms with Crippen LogP contribution in [0, 0.1) is 28.5 Å². The number of para-hydroxylation sites is 1.